The van der Waals surface area contributed by atoms with Gasteiger partial charge in [0.1, 0.15) is 5.82 Å². The average molecular weight is 562 g/mol. The van der Waals surface area contributed by atoms with Crippen molar-refractivity contribution < 1.29 is 0 Å². The molecule has 0 saturated carbocycles. The third kappa shape index (κ3) is 3.66. The minimum absolute atomic E-state index is 0.901. The number of benzene rings is 6. The summed E-state index contributed by atoms with van der Waals surface area (Å²) in [7, 11) is 0. The van der Waals surface area contributed by atoms with E-state index < -0.39 is 0 Å². The first-order chi connectivity index (χ1) is 21.9. The van der Waals surface area contributed by atoms with Crippen molar-refractivity contribution in [1.29, 1.82) is 0 Å². The fourth-order valence-corrected chi connectivity index (χ4v) is 6.84. The van der Waals surface area contributed by atoms with Crippen LogP contribution in [0.4, 0.5) is 0 Å². The third-order valence-electron chi connectivity index (χ3n) is 8.73. The van der Waals surface area contributed by atoms with E-state index in [9.17, 15) is 0 Å². The molecule has 0 N–H and O–H groups in total. The quantitative estimate of drug-likeness (QED) is 0.210. The highest BCUT2D eigenvalue weighted by Crippen LogP contribution is 2.42. The number of fused-ring (bicyclic) bond motifs is 7. The summed E-state index contributed by atoms with van der Waals surface area (Å²) in [6.45, 7) is 0. The summed E-state index contributed by atoms with van der Waals surface area (Å²) in [6, 6.07) is 58.2. The van der Waals surface area contributed by atoms with Crippen molar-refractivity contribution in [3.63, 3.8) is 0 Å². The van der Waals surface area contributed by atoms with Crippen LogP contribution >= 0.6 is 0 Å². The van der Waals surface area contributed by atoms with Gasteiger partial charge in [-0.2, -0.15) is 0 Å². The van der Waals surface area contributed by atoms with E-state index in [1.54, 1.807) is 0 Å². The molecular weight excluding hydrogens is 534 g/mol. The van der Waals surface area contributed by atoms with Crippen molar-refractivity contribution in [2.24, 2.45) is 0 Å². The molecule has 0 spiro atoms. The Bertz CT molecular complexity index is 2480. The molecule has 0 atom stereocenters. The van der Waals surface area contributed by atoms with Crippen LogP contribution in [0, 0.1) is 0 Å². The molecule has 6 aromatic carbocycles. The molecule has 0 bridgehead atoms. The molecule has 0 aliphatic carbocycles. The molecule has 0 amide bonds. The first-order valence-electron chi connectivity index (χ1n) is 15.0. The number of pyridine rings is 1. The van der Waals surface area contributed by atoms with Crippen LogP contribution in [0.25, 0.3) is 77.5 Å². The maximum absolute atomic E-state index is 5.27. The number of hydrogen-bond acceptors (Lipinski definition) is 1. The molecule has 3 nitrogen and oxygen atoms in total. The number of hydrogen-bond donors (Lipinski definition) is 0. The van der Waals surface area contributed by atoms with Crippen LogP contribution < -0.4 is 0 Å². The van der Waals surface area contributed by atoms with E-state index in [-0.39, 0.29) is 0 Å². The maximum atomic E-state index is 5.27. The fourth-order valence-electron chi connectivity index (χ4n) is 6.84. The number of nitrogens with zero attached hydrogens (tertiary/aromatic N) is 3. The smallest absolute Gasteiger partial charge is 0.138 e. The van der Waals surface area contributed by atoms with Gasteiger partial charge in [0.15, 0.2) is 0 Å². The molecule has 9 aromatic rings. The zero-order valence-electron chi connectivity index (χ0n) is 23.9. The molecule has 0 radical (unpaired) electrons. The van der Waals surface area contributed by atoms with Crippen LogP contribution in [-0.4, -0.2) is 14.1 Å². The van der Waals surface area contributed by atoms with Gasteiger partial charge in [-0.25, -0.2) is 4.98 Å². The summed E-state index contributed by atoms with van der Waals surface area (Å²) in [6.07, 6.45) is 0. The van der Waals surface area contributed by atoms with Crippen LogP contribution in [0.3, 0.4) is 0 Å². The van der Waals surface area contributed by atoms with Crippen LogP contribution in [0.5, 0.6) is 0 Å². The highest BCUT2D eigenvalue weighted by Gasteiger charge is 2.22. The van der Waals surface area contributed by atoms with Crippen molar-refractivity contribution in [2.45, 2.75) is 0 Å². The largest absolute Gasteiger partial charge is 0.307 e. The summed E-state index contributed by atoms with van der Waals surface area (Å²) >= 11 is 0. The lowest BCUT2D eigenvalue weighted by Gasteiger charge is -2.16. The second-order valence-corrected chi connectivity index (χ2v) is 11.2. The van der Waals surface area contributed by atoms with Crippen molar-refractivity contribution in [3.05, 3.63) is 164 Å². The molecule has 3 aromatic heterocycles. The SMILES string of the molecule is c1ccc(-c2cccc(-n3c4ccccc4c4ccc5c6ccccc6n(-c6ccccc6-c6ccccc6)c5c43)n2)cc1. The van der Waals surface area contributed by atoms with Gasteiger partial charge in [-0.05, 0) is 35.9 Å². The van der Waals surface area contributed by atoms with Crippen molar-refractivity contribution in [1.82, 2.24) is 14.1 Å². The second kappa shape index (κ2) is 9.82. The van der Waals surface area contributed by atoms with Gasteiger partial charge in [0.25, 0.3) is 0 Å². The van der Waals surface area contributed by atoms with Crippen LogP contribution in [-0.2, 0) is 0 Å². The van der Waals surface area contributed by atoms with Crippen LogP contribution in [0.2, 0.25) is 0 Å². The molecule has 3 heterocycles. The number of para-hydroxylation sites is 3. The Hall–Kier alpha value is -5.93. The Morgan fingerprint density at radius 2 is 0.909 bits per heavy atom. The molecule has 0 aliphatic heterocycles. The predicted molar refractivity (Wildman–Crippen MR) is 184 cm³/mol. The number of aromatic nitrogens is 3. The Labute approximate surface area is 254 Å². The van der Waals surface area contributed by atoms with Crippen molar-refractivity contribution in [2.75, 3.05) is 0 Å². The molecule has 0 saturated heterocycles. The molecule has 44 heavy (non-hydrogen) atoms. The topological polar surface area (TPSA) is 22.8 Å². The lowest BCUT2D eigenvalue weighted by molar-refractivity contribution is 1.08. The predicted octanol–water partition coefficient (Wildman–Crippen LogP) is 10.6. The Kier molecular flexibility index (Phi) is 5.50. The van der Waals surface area contributed by atoms with Gasteiger partial charge in [0.2, 0.25) is 0 Å². The summed E-state index contributed by atoms with van der Waals surface area (Å²) in [5.74, 6) is 0.901. The lowest BCUT2D eigenvalue weighted by atomic mass is 10.0. The molecule has 3 heteroatoms. The minimum Gasteiger partial charge on any atom is -0.307 e. The average Bonchev–Trinajstić information content (AvgIpc) is 3.62. The normalized spacial score (nSPS) is 11.6. The maximum Gasteiger partial charge on any atom is 0.138 e. The minimum atomic E-state index is 0.901. The first kappa shape index (κ1) is 24.6. The number of rotatable bonds is 4. The highest BCUT2D eigenvalue weighted by atomic mass is 15.1. The van der Waals surface area contributed by atoms with Crippen LogP contribution in [0.15, 0.2) is 164 Å². The molecule has 0 fully saturated rings. The first-order valence-corrected chi connectivity index (χ1v) is 15.0. The fraction of sp³-hybridized carbons (Fsp3) is 0. The third-order valence-corrected chi connectivity index (χ3v) is 8.73. The Morgan fingerprint density at radius 1 is 0.364 bits per heavy atom. The molecule has 206 valence electrons. The van der Waals surface area contributed by atoms with Crippen molar-refractivity contribution in [3.8, 4) is 33.9 Å². The molecule has 0 unspecified atom stereocenters. The van der Waals surface area contributed by atoms with Gasteiger partial charge in [-0.15, -0.1) is 0 Å². The second-order valence-electron chi connectivity index (χ2n) is 11.2. The summed E-state index contributed by atoms with van der Waals surface area (Å²) in [4.78, 5) is 5.27. The zero-order valence-corrected chi connectivity index (χ0v) is 23.9. The standard InChI is InChI=1S/C41H27N3/c1-3-14-28(15-4-1)30-18-7-10-22-36(30)43-37-23-11-8-19-31(37)33-26-27-34-32-20-9-12-24-38(32)44(41(34)40(33)43)39-25-13-21-35(42-39)29-16-5-2-6-17-29/h1-27H. The summed E-state index contributed by atoms with van der Waals surface area (Å²) in [5.41, 5.74) is 10.2. The van der Waals surface area contributed by atoms with Gasteiger partial charge in [-0.3, -0.25) is 4.57 Å². The van der Waals surface area contributed by atoms with E-state index in [0.29, 0.717) is 0 Å². The molecule has 0 aliphatic rings. The van der Waals surface area contributed by atoms with Gasteiger partial charge in [-0.1, -0.05) is 133 Å². The summed E-state index contributed by atoms with van der Waals surface area (Å²) < 4.78 is 4.83. The van der Waals surface area contributed by atoms with E-state index in [4.69, 9.17) is 4.98 Å². The van der Waals surface area contributed by atoms with Crippen LogP contribution in [0.1, 0.15) is 0 Å². The summed E-state index contributed by atoms with van der Waals surface area (Å²) in [5, 5.41) is 4.88. The molecular formula is C41H27N3. The molecule has 9 rings (SSSR count). The van der Waals surface area contributed by atoms with E-state index in [2.05, 4.69) is 167 Å². The van der Waals surface area contributed by atoms with E-state index in [0.717, 1.165) is 33.8 Å². The Morgan fingerprint density at radius 3 is 1.61 bits per heavy atom. The lowest BCUT2D eigenvalue weighted by Crippen LogP contribution is -2.02. The Balaban J connectivity index is 1.46. The van der Waals surface area contributed by atoms with Gasteiger partial charge >= 0.3 is 0 Å². The highest BCUT2D eigenvalue weighted by molar-refractivity contribution is 6.24. The van der Waals surface area contributed by atoms with Gasteiger partial charge < -0.3 is 4.57 Å². The van der Waals surface area contributed by atoms with E-state index >= 15 is 0 Å². The van der Waals surface area contributed by atoms with Crippen molar-refractivity contribution >= 4 is 43.6 Å². The van der Waals surface area contributed by atoms with E-state index in [1.165, 1.54) is 43.7 Å². The van der Waals surface area contributed by atoms with Gasteiger partial charge in [0, 0.05) is 32.7 Å². The van der Waals surface area contributed by atoms with Gasteiger partial charge in [0.05, 0.1) is 33.4 Å². The zero-order chi connectivity index (χ0) is 29.0. The monoisotopic (exact) mass is 561 g/mol. The van der Waals surface area contributed by atoms with E-state index in [1.807, 2.05) is 6.07 Å².